The average molecular weight is 272 g/mol. The molecule has 0 saturated heterocycles. The van der Waals surface area contributed by atoms with Crippen molar-refractivity contribution in [3.63, 3.8) is 0 Å². The summed E-state index contributed by atoms with van der Waals surface area (Å²) in [7, 11) is 0. The van der Waals surface area contributed by atoms with Gasteiger partial charge in [0.25, 0.3) is 11.6 Å². The minimum absolute atomic E-state index is 0.0576. The molecule has 0 fully saturated rings. The van der Waals surface area contributed by atoms with Gasteiger partial charge in [0, 0.05) is 6.42 Å². The molecule has 1 rings (SSSR count). The Bertz CT molecular complexity index is 456. The van der Waals surface area contributed by atoms with Gasteiger partial charge in [-0.05, 0) is 19.0 Å². The number of carbonyl (C=O) groups is 2. The predicted molar refractivity (Wildman–Crippen MR) is 62.9 cm³/mol. The van der Waals surface area contributed by atoms with Crippen molar-refractivity contribution < 1.29 is 28.7 Å². The molecule has 0 aliphatic rings. The number of esters is 1. The summed E-state index contributed by atoms with van der Waals surface area (Å²) in [6.07, 6.45) is -0.137. The Morgan fingerprint density at radius 3 is 2.63 bits per heavy atom. The Balaban J connectivity index is 3.04. The van der Waals surface area contributed by atoms with Crippen LogP contribution in [0.25, 0.3) is 0 Å². The smallest absolute Gasteiger partial charge is 0.377 e. The number of carboxylic acids is 1. The van der Waals surface area contributed by atoms with Gasteiger partial charge in [-0.15, -0.1) is 0 Å². The maximum absolute atomic E-state index is 11.6. The Morgan fingerprint density at radius 2 is 2.11 bits per heavy atom. The molecule has 8 heteroatoms. The van der Waals surface area contributed by atoms with E-state index in [0.29, 0.717) is 6.61 Å². The van der Waals surface area contributed by atoms with Gasteiger partial charge in [-0.1, -0.05) is 0 Å². The summed E-state index contributed by atoms with van der Waals surface area (Å²) in [6, 6.07) is -1.19. The van der Waals surface area contributed by atoms with Crippen molar-refractivity contribution in [2.45, 2.75) is 26.3 Å². The molecule has 106 valence electrons. The largest absolute Gasteiger partial charge is 0.480 e. The van der Waals surface area contributed by atoms with E-state index in [0.717, 1.165) is 0 Å². The lowest BCUT2D eigenvalue weighted by atomic mass is 10.1. The van der Waals surface area contributed by atoms with E-state index in [4.69, 9.17) is 24.8 Å². The zero-order valence-corrected chi connectivity index (χ0v) is 10.7. The summed E-state index contributed by atoms with van der Waals surface area (Å²) in [4.78, 5) is 22.4. The Morgan fingerprint density at radius 1 is 1.42 bits per heavy atom. The average Bonchev–Trinajstić information content (AvgIpc) is 2.73. The topological polar surface area (TPSA) is 125 Å². The number of rotatable bonds is 7. The van der Waals surface area contributed by atoms with Gasteiger partial charge in [-0.25, -0.2) is 4.79 Å². The number of ether oxygens (including phenoxy) is 2. The van der Waals surface area contributed by atoms with Crippen LogP contribution in [0.5, 0.6) is 5.88 Å². The number of nitrogens with zero attached hydrogens (tertiary/aromatic N) is 1. The lowest BCUT2D eigenvalue weighted by Crippen LogP contribution is -2.32. The summed E-state index contributed by atoms with van der Waals surface area (Å²) in [5, 5.41) is 12.4. The van der Waals surface area contributed by atoms with Crippen molar-refractivity contribution >= 4 is 11.9 Å². The standard InChI is InChI=1S/C11H16N2O6/c1-3-17-9-6(5-7(12)10(14)15)8(19-13-9)11(16)18-4-2/h7H,3-5,12H2,1-2H3,(H,14,15)/t7-/m0/s1. The molecule has 0 unspecified atom stereocenters. The van der Waals surface area contributed by atoms with Crippen LogP contribution in [0.2, 0.25) is 0 Å². The highest BCUT2D eigenvalue weighted by molar-refractivity contribution is 5.88. The fourth-order valence-corrected chi connectivity index (χ4v) is 1.39. The Kier molecular flexibility index (Phi) is 5.31. The molecule has 0 amide bonds. The number of aliphatic carboxylic acids is 1. The Labute approximate surface area is 109 Å². The normalized spacial score (nSPS) is 11.9. The van der Waals surface area contributed by atoms with Gasteiger partial charge in [0.05, 0.1) is 18.8 Å². The van der Waals surface area contributed by atoms with Crippen molar-refractivity contribution in [3.05, 3.63) is 11.3 Å². The van der Waals surface area contributed by atoms with Gasteiger partial charge in [0.15, 0.2) is 0 Å². The molecular weight excluding hydrogens is 256 g/mol. The van der Waals surface area contributed by atoms with E-state index in [1.165, 1.54) is 0 Å². The number of carboxylic acid groups (broad SMARTS) is 1. The number of hydrogen-bond acceptors (Lipinski definition) is 7. The molecule has 1 aromatic rings. The SMILES string of the molecule is CCOC(=O)c1onc(OCC)c1C[C@H](N)C(=O)O. The number of nitrogens with two attached hydrogens (primary N) is 1. The minimum atomic E-state index is -1.20. The second kappa shape index (κ2) is 6.74. The van der Waals surface area contributed by atoms with Crippen molar-refractivity contribution in [2.75, 3.05) is 13.2 Å². The van der Waals surface area contributed by atoms with Crippen LogP contribution >= 0.6 is 0 Å². The summed E-state index contributed by atoms with van der Waals surface area (Å²) < 4.78 is 14.8. The molecule has 0 saturated carbocycles. The first-order chi connectivity index (χ1) is 9.01. The van der Waals surface area contributed by atoms with Gasteiger partial charge in [-0.3, -0.25) is 4.79 Å². The predicted octanol–water partition coefficient (Wildman–Crippen LogP) is 0.204. The highest BCUT2D eigenvalue weighted by atomic mass is 16.6. The first-order valence-electron chi connectivity index (χ1n) is 5.78. The van der Waals surface area contributed by atoms with Crippen LogP contribution in [0.1, 0.15) is 30.0 Å². The lowest BCUT2D eigenvalue weighted by molar-refractivity contribution is -0.138. The number of carbonyl (C=O) groups excluding carboxylic acids is 1. The van der Waals surface area contributed by atoms with Gasteiger partial charge >= 0.3 is 11.9 Å². The zero-order valence-electron chi connectivity index (χ0n) is 10.7. The Hall–Kier alpha value is -2.09. The summed E-state index contributed by atoms with van der Waals surface area (Å²) in [6.45, 7) is 3.82. The van der Waals surface area contributed by atoms with E-state index in [2.05, 4.69) is 5.16 Å². The summed E-state index contributed by atoms with van der Waals surface area (Å²) in [5.41, 5.74) is 5.64. The molecule has 1 aromatic heterocycles. The molecule has 0 bridgehead atoms. The van der Waals surface area contributed by atoms with Crippen molar-refractivity contribution in [3.8, 4) is 5.88 Å². The summed E-state index contributed by atoms with van der Waals surface area (Å²) >= 11 is 0. The molecular formula is C11H16N2O6. The van der Waals surface area contributed by atoms with E-state index in [1.807, 2.05) is 0 Å². The molecule has 0 aromatic carbocycles. The lowest BCUT2D eigenvalue weighted by Gasteiger charge is -2.07. The third kappa shape index (κ3) is 3.68. The van der Waals surface area contributed by atoms with Crippen LogP contribution in [-0.4, -0.2) is 41.5 Å². The van der Waals surface area contributed by atoms with E-state index in [1.54, 1.807) is 13.8 Å². The van der Waals surface area contributed by atoms with Crippen LogP contribution in [0.4, 0.5) is 0 Å². The first kappa shape index (κ1) is 15.0. The molecule has 1 atom stereocenters. The third-order valence-electron chi connectivity index (χ3n) is 2.24. The molecule has 0 spiro atoms. The molecule has 0 aliphatic heterocycles. The minimum Gasteiger partial charge on any atom is -0.480 e. The fourth-order valence-electron chi connectivity index (χ4n) is 1.39. The molecule has 0 radical (unpaired) electrons. The van der Waals surface area contributed by atoms with Crippen LogP contribution < -0.4 is 10.5 Å². The molecule has 19 heavy (non-hydrogen) atoms. The molecule has 0 aliphatic carbocycles. The molecule has 1 heterocycles. The zero-order chi connectivity index (χ0) is 14.4. The highest BCUT2D eigenvalue weighted by Gasteiger charge is 2.27. The van der Waals surface area contributed by atoms with Gasteiger partial charge in [-0.2, -0.15) is 0 Å². The molecule has 8 nitrogen and oxygen atoms in total. The van der Waals surface area contributed by atoms with Crippen LogP contribution in [-0.2, 0) is 16.0 Å². The van der Waals surface area contributed by atoms with E-state index in [9.17, 15) is 9.59 Å². The summed E-state index contributed by atoms with van der Waals surface area (Å²) in [5.74, 6) is -2.05. The van der Waals surface area contributed by atoms with Crippen molar-refractivity contribution in [1.82, 2.24) is 5.16 Å². The van der Waals surface area contributed by atoms with E-state index >= 15 is 0 Å². The molecule has 3 N–H and O–H groups in total. The highest BCUT2D eigenvalue weighted by Crippen LogP contribution is 2.24. The maximum Gasteiger partial charge on any atom is 0.377 e. The van der Waals surface area contributed by atoms with Crippen molar-refractivity contribution in [2.24, 2.45) is 5.73 Å². The van der Waals surface area contributed by atoms with E-state index in [-0.39, 0.29) is 30.2 Å². The fraction of sp³-hybridized carbons (Fsp3) is 0.545. The van der Waals surface area contributed by atoms with Crippen LogP contribution in [0.15, 0.2) is 4.52 Å². The van der Waals surface area contributed by atoms with Crippen molar-refractivity contribution in [1.29, 1.82) is 0 Å². The second-order valence-corrected chi connectivity index (χ2v) is 3.60. The maximum atomic E-state index is 11.6. The van der Waals surface area contributed by atoms with Gasteiger partial charge in [0.1, 0.15) is 6.04 Å². The third-order valence-corrected chi connectivity index (χ3v) is 2.24. The van der Waals surface area contributed by atoms with Crippen LogP contribution in [0.3, 0.4) is 0 Å². The number of hydrogen-bond donors (Lipinski definition) is 2. The van der Waals surface area contributed by atoms with Gasteiger partial charge < -0.3 is 24.8 Å². The van der Waals surface area contributed by atoms with Gasteiger partial charge in [0.2, 0.25) is 0 Å². The van der Waals surface area contributed by atoms with E-state index < -0.39 is 18.0 Å². The first-order valence-corrected chi connectivity index (χ1v) is 5.78. The van der Waals surface area contributed by atoms with Crippen LogP contribution in [0, 0.1) is 0 Å². The second-order valence-electron chi connectivity index (χ2n) is 3.60. The number of aromatic nitrogens is 1. The quantitative estimate of drug-likeness (QED) is 0.674. The monoisotopic (exact) mass is 272 g/mol.